The Morgan fingerprint density at radius 1 is 1.40 bits per heavy atom. The van der Waals surface area contributed by atoms with Gasteiger partial charge in [-0.2, -0.15) is 0 Å². The summed E-state index contributed by atoms with van der Waals surface area (Å²) in [6.07, 6.45) is 1.33. The Balaban J connectivity index is 2.15. The number of aryl methyl sites for hydroxylation is 1. The smallest absolute Gasteiger partial charge is 0.308 e. The number of nitrogens with zero attached hydrogens (tertiary/aromatic N) is 2. The molecule has 0 aromatic heterocycles. The van der Waals surface area contributed by atoms with Crippen LogP contribution in [0.1, 0.15) is 18.4 Å². The molecule has 6 heteroatoms. The van der Waals surface area contributed by atoms with Gasteiger partial charge in [-0.25, -0.2) is 0 Å². The SMILES string of the molecule is COC(=O)C1CCN(c2ccc(C)cc2[N+](=O)[O-])CC1. The number of nitro groups is 1. The molecule has 20 heavy (non-hydrogen) atoms. The van der Waals surface area contributed by atoms with Gasteiger partial charge in [0.05, 0.1) is 18.0 Å². The van der Waals surface area contributed by atoms with Crippen molar-refractivity contribution >= 4 is 17.3 Å². The molecular weight excluding hydrogens is 260 g/mol. The second kappa shape index (κ2) is 5.90. The van der Waals surface area contributed by atoms with Crippen LogP contribution in [0, 0.1) is 23.0 Å². The van der Waals surface area contributed by atoms with E-state index < -0.39 is 0 Å². The molecule has 1 fully saturated rings. The number of hydrogen-bond donors (Lipinski definition) is 0. The molecule has 0 saturated carbocycles. The van der Waals surface area contributed by atoms with Crippen LogP contribution >= 0.6 is 0 Å². The molecule has 1 heterocycles. The molecule has 2 rings (SSSR count). The van der Waals surface area contributed by atoms with Crippen molar-refractivity contribution in [3.05, 3.63) is 33.9 Å². The zero-order valence-corrected chi connectivity index (χ0v) is 11.7. The molecule has 0 N–H and O–H groups in total. The molecule has 0 radical (unpaired) electrons. The number of methoxy groups -OCH3 is 1. The number of nitro benzene ring substituents is 1. The monoisotopic (exact) mass is 278 g/mol. The Bertz CT molecular complexity index is 522. The number of carbonyl (C=O) groups excluding carboxylic acids is 1. The minimum Gasteiger partial charge on any atom is -0.469 e. The summed E-state index contributed by atoms with van der Waals surface area (Å²) < 4.78 is 4.74. The van der Waals surface area contributed by atoms with E-state index in [2.05, 4.69) is 0 Å². The number of rotatable bonds is 3. The lowest BCUT2D eigenvalue weighted by Gasteiger charge is -2.32. The first-order valence-corrected chi connectivity index (χ1v) is 6.60. The fraction of sp³-hybridized carbons (Fsp3) is 0.500. The van der Waals surface area contributed by atoms with Crippen LogP contribution in [0.25, 0.3) is 0 Å². The van der Waals surface area contributed by atoms with Crippen molar-refractivity contribution in [2.75, 3.05) is 25.1 Å². The predicted octanol–water partition coefficient (Wildman–Crippen LogP) is 2.29. The first kappa shape index (κ1) is 14.3. The summed E-state index contributed by atoms with van der Waals surface area (Å²) in [7, 11) is 1.39. The Morgan fingerprint density at radius 2 is 2.05 bits per heavy atom. The maximum Gasteiger partial charge on any atom is 0.308 e. The maximum atomic E-state index is 11.5. The molecule has 0 aliphatic carbocycles. The number of esters is 1. The number of piperidine rings is 1. The standard InChI is InChI=1S/C14H18N2O4/c1-10-3-4-12(13(9-10)16(18)19)15-7-5-11(6-8-15)14(17)20-2/h3-4,9,11H,5-8H2,1-2H3. The first-order chi connectivity index (χ1) is 9.52. The molecule has 1 aromatic carbocycles. The normalized spacial score (nSPS) is 16.0. The highest BCUT2D eigenvalue weighted by atomic mass is 16.6. The van der Waals surface area contributed by atoms with Crippen molar-refractivity contribution in [3.8, 4) is 0 Å². The molecule has 6 nitrogen and oxygen atoms in total. The molecule has 0 spiro atoms. The van der Waals surface area contributed by atoms with Crippen LogP contribution in [-0.4, -0.2) is 31.1 Å². The van der Waals surface area contributed by atoms with Crippen LogP contribution in [0.2, 0.25) is 0 Å². The average molecular weight is 278 g/mol. The maximum absolute atomic E-state index is 11.5. The third-order valence-corrected chi connectivity index (χ3v) is 3.70. The molecule has 1 aliphatic rings. The topological polar surface area (TPSA) is 72.7 Å². The Hall–Kier alpha value is -2.11. The highest BCUT2D eigenvalue weighted by molar-refractivity contribution is 5.73. The molecule has 0 unspecified atom stereocenters. The van der Waals surface area contributed by atoms with Crippen molar-refractivity contribution < 1.29 is 14.5 Å². The second-order valence-electron chi connectivity index (χ2n) is 5.03. The van der Waals surface area contributed by atoms with E-state index in [1.165, 1.54) is 7.11 Å². The van der Waals surface area contributed by atoms with Crippen molar-refractivity contribution in [1.29, 1.82) is 0 Å². The molecule has 0 amide bonds. The van der Waals surface area contributed by atoms with Gasteiger partial charge in [0.2, 0.25) is 0 Å². The summed E-state index contributed by atoms with van der Waals surface area (Å²) in [5, 5.41) is 11.1. The fourth-order valence-electron chi connectivity index (χ4n) is 2.57. The molecular formula is C14H18N2O4. The van der Waals surface area contributed by atoms with Gasteiger partial charge in [0, 0.05) is 19.2 Å². The van der Waals surface area contributed by atoms with Crippen LogP contribution in [0.4, 0.5) is 11.4 Å². The summed E-state index contributed by atoms with van der Waals surface area (Å²) in [5.74, 6) is -0.288. The Labute approximate surface area is 117 Å². The number of benzene rings is 1. The van der Waals surface area contributed by atoms with Gasteiger partial charge in [0.25, 0.3) is 5.69 Å². The molecule has 108 valence electrons. The van der Waals surface area contributed by atoms with Gasteiger partial charge in [-0.05, 0) is 31.4 Å². The first-order valence-electron chi connectivity index (χ1n) is 6.60. The fourth-order valence-corrected chi connectivity index (χ4v) is 2.57. The summed E-state index contributed by atoms with van der Waals surface area (Å²) >= 11 is 0. The molecule has 0 atom stereocenters. The zero-order valence-electron chi connectivity index (χ0n) is 11.7. The van der Waals surface area contributed by atoms with Crippen molar-refractivity contribution in [2.45, 2.75) is 19.8 Å². The van der Waals surface area contributed by atoms with Crippen molar-refractivity contribution in [1.82, 2.24) is 0 Å². The van der Waals surface area contributed by atoms with Crippen LogP contribution in [-0.2, 0) is 9.53 Å². The van der Waals surface area contributed by atoms with Gasteiger partial charge in [0.15, 0.2) is 0 Å². The molecule has 1 aromatic rings. The summed E-state index contributed by atoms with van der Waals surface area (Å²) in [4.78, 5) is 24.2. The minimum atomic E-state index is -0.352. The Morgan fingerprint density at radius 3 is 2.60 bits per heavy atom. The van der Waals surface area contributed by atoms with Crippen molar-refractivity contribution in [2.24, 2.45) is 5.92 Å². The van der Waals surface area contributed by atoms with E-state index >= 15 is 0 Å². The highest BCUT2D eigenvalue weighted by Gasteiger charge is 2.28. The van der Waals surface area contributed by atoms with Crippen LogP contribution in [0.15, 0.2) is 18.2 Å². The number of anilines is 1. The van der Waals surface area contributed by atoms with Gasteiger partial charge in [0.1, 0.15) is 5.69 Å². The quantitative estimate of drug-likeness (QED) is 0.482. The van der Waals surface area contributed by atoms with Gasteiger partial charge < -0.3 is 9.64 Å². The Kier molecular flexibility index (Phi) is 4.22. The average Bonchev–Trinajstić information content (AvgIpc) is 2.46. The van der Waals surface area contributed by atoms with E-state index in [-0.39, 0.29) is 22.5 Å². The van der Waals surface area contributed by atoms with Gasteiger partial charge in [-0.3, -0.25) is 14.9 Å². The van der Waals surface area contributed by atoms with E-state index in [0.29, 0.717) is 31.6 Å². The lowest BCUT2D eigenvalue weighted by atomic mass is 9.96. The lowest BCUT2D eigenvalue weighted by Crippen LogP contribution is -2.37. The highest BCUT2D eigenvalue weighted by Crippen LogP contribution is 2.32. The van der Waals surface area contributed by atoms with Crippen LogP contribution in [0.5, 0.6) is 0 Å². The van der Waals surface area contributed by atoms with Gasteiger partial charge >= 0.3 is 5.97 Å². The third kappa shape index (κ3) is 2.89. The van der Waals surface area contributed by atoms with E-state index in [0.717, 1.165) is 5.56 Å². The number of ether oxygens (including phenoxy) is 1. The second-order valence-corrected chi connectivity index (χ2v) is 5.03. The molecule has 1 saturated heterocycles. The summed E-state index contributed by atoms with van der Waals surface area (Å²) in [6, 6.07) is 5.24. The number of hydrogen-bond acceptors (Lipinski definition) is 5. The number of carbonyl (C=O) groups is 1. The van der Waals surface area contributed by atoms with Crippen LogP contribution < -0.4 is 4.90 Å². The van der Waals surface area contributed by atoms with Crippen molar-refractivity contribution in [3.63, 3.8) is 0 Å². The van der Waals surface area contributed by atoms with Crippen LogP contribution in [0.3, 0.4) is 0 Å². The predicted molar refractivity (Wildman–Crippen MR) is 74.8 cm³/mol. The minimum absolute atomic E-state index is 0.0965. The van der Waals surface area contributed by atoms with Gasteiger partial charge in [-0.15, -0.1) is 0 Å². The van der Waals surface area contributed by atoms with E-state index in [1.807, 2.05) is 17.9 Å². The van der Waals surface area contributed by atoms with E-state index in [1.54, 1.807) is 12.1 Å². The molecule has 1 aliphatic heterocycles. The largest absolute Gasteiger partial charge is 0.469 e. The molecule has 0 bridgehead atoms. The third-order valence-electron chi connectivity index (χ3n) is 3.70. The lowest BCUT2D eigenvalue weighted by molar-refractivity contribution is -0.384. The zero-order chi connectivity index (χ0) is 14.7. The van der Waals surface area contributed by atoms with Gasteiger partial charge in [-0.1, -0.05) is 6.07 Å². The summed E-state index contributed by atoms with van der Waals surface area (Å²) in [6.45, 7) is 3.09. The van der Waals surface area contributed by atoms with E-state index in [9.17, 15) is 14.9 Å². The summed E-state index contributed by atoms with van der Waals surface area (Å²) in [5.41, 5.74) is 1.62. The van der Waals surface area contributed by atoms with E-state index in [4.69, 9.17) is 4.74 Å².